The van der Waals surface area contributed by atoms with Gasteiger partial charge in [-0.3, -0.25) is 9.35 Å². The van der Waals surface area contributed by atoms with Crippen LogP contribution in [0, 0.1) is 46.3 Å². The van der Waals surface area contributed by atoms with E-state index < -0.39 is 28.2 Å². The molecule has 206 valence electrons. The molecule has 0 aromatic heterocycles. The van der Waals surface area contributed by atoms with E-state index in [1.807, 2.05) is 27.7 Å². The lowest BCUT2D eigenvalue weighted by Crippen LogP contribution is -2.55. The fraction of sp³-hybridized carbons (Fsp3) is 0.893. The molecule has 3 saturated carbocycles. The van der Waals surface area contributed by atoms with E-state index in [0.29, 0.717) is 31.6 Å². The van der Waals surface area contributed by atoms with Gasteiger partial charge in [-0.25, -0.2) is 4.18 Å². The fourth-order valence-electron chi connectivity index (χ4n) is 8.83. The van der Waals surface area contributed by atoms with Crippen LogP contribution in [0.25, 0.3) is 0 Å². The van der Waals surface area contributed by atoms with Crippen molar-refractivity contribution in [2.24, 2.45) is 46.3 Å². The first kappa shape index (κ1) is 28.2. The maximum atomic E-state index is 12.9. The lowest BCUT2D eigenvalue weighted by Gasteiger charge is -2.58. The van der Waals surface area contributed by atoms with Gasteiger partial charge >= 0.3 is 10.4 Å². The number of allylic oxidation sites excluding steroid dienone is 2. The number of hydrogen-bond donors (Lipinski definition) is 3. The second-order valence-electron chi connectivity index (χ2n) is 13.5. The minimum Gasteiger partial charge on any atom is -0.393 e. The molecule has 0 aromatic carbocycles. The third-order valence-electron chi connectivity index (χ3n) is 11.0. The zero-order chi connectivity index (χ0) is 26.8. The van der Waals surface area contributed by atoms with Crippen LogP contribution >= 0.6 is 0 Å². The Labute approximate surface area is 217 Å². The Morgan fingerprint density at radius 2 is 1.83 bits per heavy atom. The van der Waals surface area contributed by atoms with Gasteiger partial charge in [0.25, 0.3) is 0 Å². The minimum absolute atomic E-state index is 0.0117. The Balaban J connectivity index is 1.57. The maximum absolute atomic E-state index is 12.9. The number of ketones is 1. The SMILES string of the molecule is CC(C)[C@@H](C)C(=O)C[C@](C)(O)[C@H]1CC[C@H]2[C@H]3C[C@H](O)[C@H]4C[C@@H](OS(=O)(=O)O)CC[C@]4(C)C3=CC[C@@]21C. The van der Waals surface area contributed by atoms with Crippen molar-refractivity contribution < 1.29 is 32.2 Å². The standard InChI is InChI=1S/C28H46O7S/c1-16(2)17(3)24(30)15-28(6,31)25-8-7-20-19-14-23(29)22-13-18(35-36(32,33)34)9-11-26(22,4)21(19)10-12-27(20,25)5/h10,16-20,22-23,25,29,31H,7-9,11-15H2,1-6H3,(H,32,33,34)/t17-,18+,19-,20+,22-,23+,25+,26-,27+,28+/m1/s1. The fourth-order valence-corrected chi connectivity index (χ4v) is 9.34. The second-order valence-corrected chi connectivity index (χ2v) is 14.5. The van der Waals surface area contributed by atoms with E-state index in [0.717, 1.165) is 19.3 Å². The molecule has 3 N–H and O–H groups in total. The van der Waals surface area contributed by atoms with E-state index >= 15 is 0 Å². The minimum atomic E-state index is -4.53. The van der Waals surface area contributed by atoms with Gasteiger partial charge in [-0.2, -0.15) is 8.42 Å². The maximum Gasteiger partial charge on any atom is 0.397 e. The van der Waals surface area contributed by atoms with Crippen LogP contribution < -0.4 is 0 Å². The Morgan fingerprint density at radius 3 is 2.44 bits per heavy atom. The average Bonchev–Trinajstić information content (AvgIpc) is 3.11. The zero-order valence-corrected chi connectivity index (χ0v) is 23.6. The van der Waals surface area contributed by atoms with Gasteiger partial charge in [0, 0.05) is 12.3 Å². The van der Waals surface area contributed by atoms with Crippen molar-refractivity contribution in [1.82, 2.24) is 0 Å². The quantitative estimate of drug-likeness (QED) is 0.324. The highest BCUT2D eigenvalue weighted by Crippen LogP contribution is 2.67. The molecular formula is C28H46O7S. The summed E-state index contributed by atoms with van der Waals surface area (Å²) in [6.07, 6.45) is 6.22. The molecule has 4 aliphatic carbocycles. The number of carbonyl (C=O) groups excluding carboxylic acids is 1. The van der Waals surface area contributed by atoms with Crippen LogP contribution in [0.2, 0.25) is 0 Å². The first-order valence-corrected chi connectivity index (χ1v) is 15.2. The molecule has 0 saturated heterocycles. The van der Waals surface area contributed by atoms with E-state index in [1.54, 1.807) is 0 Å². The van der Waals surface area contributed by atoms with E-state index in [9.17, 15) is 23.4 Å². The molecule has 0 aliphatic heterocycles. The summed E-state index contributed by atoms with van der Waals surface area (Å²) in [4.78, 5) is 12.9. The third kappa shape index (κ3) is 4.86. The van der Waals surface area contributed by atoms with Crippen LogP contribution in [0.1, 0.15) is 92.9 Å². The summed E-state index contributed by atoms with van der Waals surface area (Å²) in [6, 6.07) is 0. The molecule has 0 spiro atoms. The van der Waals surface area contributed by atoms with E-state index in [2.05, 4.69) is 19.9 Å². The van der Waals surface area contributed by atoms with Gasteiger partial charge in [0.1, 0.15) is 5.78 Å². The summed E-state index contributed by atoms with van der Waals surface area (Å²) in [7, 11) is -4.53. The molecule has 7 nitrogen and oxygen atoms in total. The van der Waals surface area contributed by atoms with Gasteiger partial charge in [0.15, 0.2) is 0 Å². The van der Waals surface area contributed by atoms with Gasteiger partial charge in [-0.1, -0.05) is 46.3 Å². The van der Waals surface area contributed by atoms with Gasteiger partial charge in [0.05, 0.1) is 17.8 Å². The molecule has 0 aromatic rings. The van der Waals surface area contributed by atoms with Crippen LogP contribution in [-0.2, 0) is 19.4 Å². The van der Waals surface area contributed by atoms with E-state index in [1.165, 1.54) is 5.57 Å². The molecule has 3 fully saturated rings. The number of Topliss-reactive ketones (excluding diaryl/α,β-unsaturated/α-hetero) is 1. The van der Waals surface area contributed by atoms with Gasteiger partial charge in [-0.15, -0.1) is 0 Å². The smallest absolute Gasteiger partial charge is 0.393 e. The number of fused-ring (bicyclic) bond motifs is 5. The first-order valence-electron chi connectivity index (χ1n) is 13.8. The molecule has 0 heterocycles. The van der Waals surface area contributed by atoms with Crippen molar-refractivity contribution in [3.63, 3.8) is 0 Å². The third-order valence-corrected chi connectivity index (χ3v) is 11.6. The van der Waals surface area contributed by atoms with E-state index in [-0.39, 0.29) is 52.6 Å². The predicted octanol–water partition coefficient (Wildman–Crippen LogP) is 4.73. The van der Waals surface area contributed by atoms with Crippen molar-refractivity contribution >= 4 is 16.2 Å². The Bertz CT molecular complexity index is 1000. The molecule has 0 unspecified atom stereocenters. The second kappa shape index (κ2) is 9.44. The molecule has 4 aliphatic rings. The number of aliphatic hydroxyl groups is 2. The largest absolute Gasteiger partial charge is 0.397 e. The summed E-state index contributed by atoms with van der Waals surface area (Å²) in [5.74, 6) is 0.718. The van der Waals surface area contributed by atoms with Crippen molar-refractivity contribution in [2.75, 3.05) is 0 Å². The number of hydrogen-bond acceptors (Lipinski definition) is 6. The van der Waals surface area contributed by atoms with Crippen LogP contribution in [0.4, 0.5) is 0 Å². The Kier molecular flexibility index (Phi) is 7.40. The molecule has 0 amide bonds. The average molecular weight is 527 g/mol. The van der Waals surface area contributed by atoms with Gasteiger partial charge in [0.2, 0.25) is 0 Å². The van der Waals surface area contributed by atoms with Gasteiger partial charge in [-0.05, 0) is 92.3 Å². The zero-order valence-electron chi connectivity index (χ0n) is 22.7. The van der Waals surface area contributed by atoms with E-state index in [4.69, 9.17) is 8.74 Å². The molecular weight excluding hydrogens is 480 g/mol. The molecule has 0 bridgehead atoms. The molecule has 4 rings (SSSR count). The summed E-state index contributed by atoms with van der Waals surface area (Å²) in [6.45, 7) is 12.3. The van der Waals surface area contributed by atoms with Gasteiger partial charge < -0.3 is 10.2 Å². The predicted molar refractivity (Wildman–Crippen MR) is 137 cm³/mol. The number of aliphatic hydroxyl groups excluding tert-OH is 1. The Hall–Kier alpha value is -0.800. The lowest BCUT2D eigenvalue weighted by molar-refractivity contribution is -0.134. The Morgan fingerprint density at radius 1 is 1.17 bits per heavy atom. The summed E-state index contributed by atoms with van der Waals surface area (Å²) in [5, 5.41) is 23.0. The summed E-state index contributed by atoms with van der Waals surface area (Å²) >= 11 is 0. The van der Waals surface area contributed by atoms with Crippen LogP contribution in [0.5, 0.6) is 0 Å². The number of carbonyl (C=O) groups is 1. The molecule has 0 radical (unpaired) electrons. The normalized spacial score (nSPS) is 43.1. The molecule has 36 heavy (non-hydrogen) atoms. The van der Waals surface area contributed by atoms with Crippen molar-refractivity contribution in [2.45, 2.75) is 111 Å². The van der Waals surface area contributed by atoms with Crippen LogP contribution in [-0.4, -0.2) is 46.8 Å². The van der Waals surface area contributed by atoms with Crippen LogP contribution in [0.15, 0.2) is 11.6 Å². The first-order chi connectivity index (χ1) is 16.5. The van der Waals surface area contributed by atoms with Crippen molar-refractivity contribution in [3.8, 4) is 0 Å². The summed E-state index contributed by atoms with van der Waals surface area (Å²) < 4.78 is 36.6. The number of rotatable bonds is 7. The topological polar surface area (TPSA) is 121 Å². The lowest BCUT2D eigenvalue weighted by atomic mass is 9.47. The monoisotopic (exact) mass is 526 g/mol. The summed E-state index contributed by atoms with van der Waals surface area (Å²) in [5.41, 5.74) is -0.0884. The highest BCUT2D eigenvalue weighted by Gasteiger charge is 2.61. The highest BCUT2D eigenvalue weighted by molar-refractivity contribution is 7.80. The highest BCUT2D eigenvalue weighted by atomic mass is 32.3. The van der Waals surface area contributed by atoms with Crippen LogP contribution in [0.3, 0.4) is 0 Å². The van der Waals surface area contributed by atoms with Crippen molar-refractivity contribution in [1.29, 1.82) is 0 Å². The van der Waals surface area contributed by atoms with Crippen molar-refractivity contribution in [3.05, 3.63) is 11.6 Å². The molecule has 8 heteroatoms. The molecule has 10 atom stereocenters.